The smallest absolute Gasteiger partial charge is 0.0914 e. The molecule has 1 aromatic rings. The van der Waals surface area contributed by atoms with Crippen molar-refractivity contribution in [3.8, 4) is 0 Å². The van der Waals surface area contributed by atoms with Crippen molar-refractivity contribution in [1.82, 2.24) is 5.32 Å². The van der Waals surface area contributed by atoms with Crippen molar-refractivity contribution in [3.05, 3.63) is 29.8 Å². The Bertz CT molecular complexity index is 363. The van der Waals surface area contributed by atoms with E-state index in [0.717, 1.165) is 30.8 Å². The van der Waals surface area contributed by atoms with Crippen LogP contribution in [0.25, 0.3) is 0 Å². The molecule has 1 rings (SSSR count). The standard InChI is InChI=1S/C16H28N2O2/c1-13(2)20-11-5-10-17-12-16(19)14-6-8-15(9-7-14)18(3)4/h6-9,13,16-17,19H,5,10-12H2,1-4H3. The second-order valence-electron chi connectivity index (χ2n) is 5.48. The summed E-state index contributed by atoms with van der Waals surface area (Å²) in [7, 11) is 4.01. The zero-order valence-corrected chi connectivity index (χ0v) is 13.1. The number of rotatable bonds is 9. The topological polar surface area (TPSA) is 44.7 Å². The summed E-state index contributed by atoms with van der Waals surface area (Å²) in [5.74, 6) is 0. The molecule has 1 aromatic carbocycles. The Kier molecular flexibility index (Phi) is 7.59. The average molecular weight is 280 g/mol. The first-order valence-electron chi connectivity index (χ1n) is 7.28. The third kappa shape index (κ3) is 6.37. The monoisotopic (exact) mass is 280 g/mol. The van der Waals surface area contributed by atoms with Crippen LogP contribution in [0.2, 0.25) is 0 Å². The summed E-state index contributed by atoms with van der Waals surface area (Å²) in [5, 5.41) is 13.3. The first kappa shape index (κ1) is 17.0. The van der Waals surface area contributed by atoms with Gasteiger partial charge in [-0.25, -0.2) is 0 Å². The van der Waals surface area contributed by atoms with Gasteiger partial charge in [-0.15, -0.1) is 0 Å². The number of anilines is 1. The fraction of sp³-hybridized carbons (Fsp3) is 0.625. The van der Waals surface area contributed by atoms with E-state index in [1.165, 1.54) is 0 Å². The van der Waals surface area contributed by atoms with E-state index >= 15 is 0 Å². The third-order valence-corrected chi connectivity index (χ3v) is 3.08. The molecule has 4 heteroatoms. The van der Waals surface area contributed by atoms with E-state index in [-0.39, 0.29) is 6.10 Å². The van der Waals surface area contributed by atoms with Crippen LogP contribution in [0.1, 0.15) is 31.9 Å². The largest absolute Gasteiger partial charge is 0.387 e. The molecule has 4 nitrogen and oxygen atoms in total. The molecule has 0 amide bonds. The van der Waals surface area contributed by atoms with Crippen molar-refractivity contribution in [2.24, 2.45) is 0 Å². The maximum absolute atomic E-state index is 10.1. The summed E-state index contributed by atoms with van der Waals surface area (Å²) in [6, 6.07) is 8.00. The van der Waals surface area contributed by atoms with Gasteiger partial charge in [0.1, 0.15) is 0 Å². The minimum absolute atomic E-state index is 0.288. The molecule has 0 saturated heterocycles. The lowest BCUT2D eigenvalue weighted by Crippen LogP contribution is -2.23. The second kappa shape index (κ2) is 8.95. The van der Waals surface area contributed by atoms with Crippen LogP contribution in [-0.2, 0) is 4.74 Å². The van der Waals surface area contributed by atoms with Crippen LogP contribution >= 0.6 is 0 Å². The van der Waals surface area contributed by atoms with Crippen molar-refractivity contribution < 1.29 is 9.84 Å². The number of aliphatic hydroxyl groups is 1. The van der Waals surface area contributed by atoms with Crippen LogP contribution in [-0.4, -0.2) is 45.0 Å². The molecule has 1 atom stereocenters. The summed E-state index contributed by atoms with van der Waals surface area (Å²) in [5.41, 5.74) is 2.08. The highest BCUT2D eigenvalue weighted by Crippen LogP contribution is 2.17. The van der Waals surface area contributed by atoms with Crippen molar-refractivity contribution in [2.45, 2.75) is 32.5 Å². The number of nitrogens with one attached hydrogen (secondary N) is 1. The molecule has 0 spiro atoms. The Balaban J connectivity index is 2.23. The number of ether oxygens (including phenoxy) is 1. The molecular weight excluding hydrogens is 252 g/mol. The molecule has 0 saturated carbocycles. The number of benzene rings is 1. The SMILES string of the molecule is CC(C)OCCCNCC(O)c1ccc(N(C)C)cc1. The molecule has 0 fully saturated rings. The molecule has 0 bridgehead atoms. The van der Waals surface area contributed by atoms with Gasteiger partial charge in [0.25, 0.3) is 0 Å². The van der Waals surface area contributed by atoms with Crippen molar-refractivity contribution in [1.29, 1.82) is 0 Å². The fourth-order valence-corrected chi connectivity index (χ4v) is 1.87. The Morgan fingerprint density at radius 3 is 2.40 bits per heavy atom. The van der Waals surface area contributed by atoms with Crippen LogP contribution < -0.4 is 10.2 Å². The Labute approximate surface area is 122 Å². The van der Waals surface area contributed by atoms with Gasteiger partial charge in [0.15, 0.2) is 0 Å². The second-order valence-corrected chi connectivity index (χ2v) is 5.48. The minimum Gasteiger partial charge on any atom is -0.387 e. The molecule has 0 aliphatic heterocycles. The van der Waals surface area contributed by atoms with Gasteiger partial charge in [-0.1, -0.05) is 12.1 Å². The molecule has 0 aromatic heterocycles. The fourth-order valence-electron chi connectivity index (χ4n) is 1.87. The minimum atomic E-state index is -0.461. The maximum atomic E-state index is 10.1. The normalized spacial score (nSPS) is 12.7. The lowest BCUT2D eigenvalue weighted by molar-refractivity contribution is 0.0763. The van der Waals surface area contributed by atoms with Gasteiger partial charge in [-0.3, -0.25) is 0 Å². The third-order valence-electron chi connectivity index (χ3n) is 3.08. The summed E-state index contributed by atoms with van der Waals surface area (Å²) in [6.07, 6.45) is 0.790. The van der Waals surface area contributed by atoms with Crippen molar-refractivity contribution in [2.75, 3.05) is 38.7 Å². The van der Waals surface area contributed by atoms with E-state index in [2.05, 4.69) is 5.32 Å². The number of hydrogen-bond donors (Lipinski definition) is 2. The van der Waals surface area contributed by atoms with Crippen LogP contribution in [0.3, 0.4) is 0 Å². The quantitative estimate of drug-likeness (QED) is 0.681. The number of aliphatic hydroxyl groups excluding tert-OH is 1. The van der Waals surface area contributed by atoms with Gasteiger partial charge in [0.05, 0.1) is 12.2 Å². The molecule has 20 heavy (non-hydrogen) atoms. The zero-order valence-electron chi connectivity index (χ0n) is 13.1. The Hall–Kier alpha value is -1.10. The Morgan fingerprint density at radius 1 is 1.20 bits per heavy atom. The number of hydrogen-bond acceptors (Lipinski definition) is 4. The van der Waals surface area contributed by atoms with E-state index in [9.17, 15) is 5.11 Å². The lowest BCUT2D eigenvalue weighted by Gasteiger charge is -2.16. The van der Waals surface area contributed by atoms with Gasteiger partial charge in [0.2, 0.25) is 0 Å². The first-order valence-corrected chi connectivity index (χ1v) is 7.28. The molecular formula is C16H28N2O2. The lowest BCUT2D eigenvalue weighted by atomic mass is 10.1. The van der Waals surface area contributed by atoms with E-state index in [4.69, 9.17) is 4.74 Å². The Morgan fingerprint density at radius 2 is 1.85 bits per heavy atom. The molecule has 0 aliphatic carbocycles. The van der Waals surface area contributed by atoms with Crippen molar-refractivity contribution in [3.63, 3.8) is 0 Å². The van der Waals surface area contributed by atoms with Gasteiger partial charge in [-0.2, -0.15) is 0 Å². The zero-order chi connectivity index (χ0) is 15.0. The molecule has 114 valence electrons. The van der Waals surface area contributed by atoms with Crippen LogP contribution in [0, 0.1) is 0 Å². The first-order chi connectivity index (χ1) is 9.50. The molecule has 0 aliphatic rings. The predicted octanol–water partition coefficient (Wildman–Crippen LogP) is 2.19. The van der Waals surface area contributed by atoms with E-state index in [0.29, 0.717) is 6.54 Å². The van der Waals surface area contributed by atoms with Crippen LogP contribution in [0.5, 0.6) is 0 Å². The van der Waals surface area contributed by atoms with E-state index in [1.54, 1.807) is 0 Å². The molecule has 1 unspecified atom stereocenters. The maximum Gasteiger partial charge on any atom is 0.0914 e. The van der Waals surface area contributed by atoms with Gasteiger partial charge >= 0.3 is 0 Å². The molecule has 0 radical (unpaired) electrons. The summed E-state index contributed by atoms with van der Waals surface area (Å²) in [4.78, 5) is 2.04. The van der Waals surface area contributed by atoms with Crippen molar-refractivity contribution >= 4 is 5.69 Å². The highest BCUT2D eigenvalue weighted by atomic mass is 16.5. The van der Waals surface area contributed by atoms with Gasteiger partial charge in [-0.05, 0) is 44.5 Å². The van der Waals surface area contributed by atoms with Gasteiger partial charge < -0.3 is 20.1 Å². The van der Waals surface area contributed by atoms with E-state index < -0.39 is 6.10 Å². The van der Waals surface area contributed by atoms with Gasteiger partial charge in [0, 0.05) is 32.9 Å². The van der Waals surface area contributed by atoms with Crippen LogP contribution in [0.15, 0.2) is 24.3 Å². The number of nitrogens with zero attached hydrogens (tertiary/aromatic N) is 1. The highest BCUT2D eigenvalue weighted by Gasteiger charge is 2.07. The van der Waals surface area contributed by atoms with E-state index in [1.807, 2.05) is 57.1 Å². The van der Waals surface area contributed by atoms with Crippen LogP contribution in [0.4, 0.5) is 5.69 Å². The summed E-state index contributed by atoms with van der Waals surface area (Å²) >= 11 is 0. The molecule has 0 heterocycles. The molecule has 2 N–H and O–H groups in total. The summed E-state index contributed by atoms with van der Waals surface area (Å²) in [6.45, 7) is 6.27. The average Bonchev–Trinajstić information content (AvgIpc) is 2.42. The highest BCUT2D eigenvalue weighted by molar-refractivity contribution is 5.46. The summed E-state index contributed by atoms with van der Waals surface area (Å²) < 4.78 is 5.46. The predicted molar refractivity (Wildman–Crippen MR) is 84.3 cm³/mol.